The number of benzene rings is 2. The van der Waals surface area contributed by atoms with Gasteiger partial charge in [-0.15, -0.1) is 0 Å². The molecule has 0 aliphatic heterocycles. The highest BCUT2D eigenvalue weighted by Gasteiger charge is 2.16. The molecule has 0 saturated heterocycles. The van der Waals surface area contributed by atoms with Gasteiger partial charge in [0.15, 0.2) is 6.10 Å². The van der Waals surface area contributed by atoms with E-state index in [0.717, 1.165) is 0 Å². The largest absolute Gasteiger partial charge is 0.497 e. The fraction of sp³-hybridized carbons (Fsp3) is 0.190. The van der Waals surface area contributed by atoms with Crippen molar-refractivity contribution in [3.05, 3.63) is 59.7 Å². The van der Waals surface area contributed by atoms with Gasteiger partial charge in [0.2, 0.25) is 0 Å². The van der Waals surface area contributed by atoms with Crippen molar-refractivity contribution in [1.82, 2.24) is 0 Å². The second kappa shape index (κ2) is 9.78. The number of carbonyl (C=O) groups excluding carboxylic acids is 2. The maximum Gasteiger partial charge on any atom is 0.331 e. The first kappa shape index (κ1) is 20.5. The lowest BCUT2D eigenvalue weighted by Crippen LogP contribution is -2.29. The summed E-state index contributed by atoms with van der Waals surface area (Å²) >= 11 is 0. The van der Waals surface area contributed by atoms with Gasteiger partial charge in [0.25, 0.3) is 5.91 Å². The van der Waals surface area contributed by atoms with E-state index in [-0.39, 0.29) is 0 Å². The van der Waals surface area contributed by atoms with E-state index >= 15 is 0 Å². The Morgan fingerprint density at radius 3 is 2.21 bits per heavy atom. The van der Waals surface area contributed by atoms with E-state index in [9.17, 15) is 9.59 Å². The van der Waals surface area contributed by atoms with Crippen molar-refractivity contribution in [3.63, 3.8) is 0 Å². The zero-order chi connectivity index (χ0) is 20.5. The summed E-state index contributed by atoms with van der Waals surface area (Å²) in [5, 5.41) is 11.4. The predicted molar refractivity (Wildman–Crippen MR) is 104 cm³/mol. The standard InChI is InChI=1S/C21H20N2O5/c1-14(21(25)23-17-7-4-15(13-22)5-8-17)28-20(24)9-6-16-10-18(26-2)12-19(11-16)27-3/h4-12,14H,1-3H3,(H,23,25)/b9-6+/t14-/m0/s1. The highest BCUT2D eigenvalue weighted by Crippen LogP contribution is 2.23. The summed E-state index contributed by atoms with van der Waals surface area (Å²) in [6.07, 6.45) is 1.77. The van der Waals surface area contributed by atoms with Crippen molar-refractivity contribution in [2.45, 2.75) is 13.0 Å². The number of anilines is 1. The molecule has 0 spiro atoms. The fourth-order valence-electron chi connectivity index (χ4n) is 2.23. The van der Waals surface area contributed by atoms with Crippen molar-refractivity contribution in [1.29, 1.82) is 5.26 Å². The Bertz CT molecular complexity index is 891. The second-order valence-corrected chi connectivity index (χ2v) is 5.74. The Hall–Kier alpha value is -3.79. The highest BCUT2D eigenvalue weighted by molar-refractivity contribution is 5.96. The molecule has 2 aromatic rings. The van der Waals surface area contributed by atoms with Crippen molar-refractivity contribution < 1.29 is 23.8 Å². The molecule has 0 aromatic heterocycles. The molecule has 0 fully saturated rings. The third-order valence-electron chi connectivity index (χ3n) is 3.73. The number of amides is 1. The summed E-state index contributed by atoms with van der Waals surface area (Å²) in [5.74, 6) is 0.0313. The van der Waals surface area contributed by atoms with Crippen LogP contribution in [0.25, 0.3) is 6.08 Å². The number of hydrogen-bond donors (Lipinski definition) is 1. The zero-order valence-corrected chi connectivity index (χ0v) is 15.8. The molecule has 0 saturated carbocycles. The first-order valence-electron chi connectivity index (χ1n) is 8.38. The van der Waals surface area contributed by atoms with Gasteiger partial charge in [0, 0.05) is 17.8 Å². The van der Waals surface area contributed by atoms with Crippen molar-refractivity contribution >= 4 is 23.6 Å². The van der Waals surface area contributed by atoms with Crippen LogP contribution in [0.15, 0.2) is 48.5 Å². The maximum atomic E-state index is 12.1. The molecule has 7 heteroatoms. The highest BCUT2D eigenvalue weighted by atomic mass is 16.5. The normalized spacial score (nSPS) is 11.4. The van der Waals surface area contributed by atoms with Crippen LogP contribution >= 0.6 is 0 Å². The van der Waals surface area contributed by atoms with Crippen LogP contribution in [0.1, 0.15) is 18.1 Å². The lowest BCUT2D eigenvalue weighted by molar-refractivity contribution is -0.148. The molecule has 0 aliphatic carbocycles. The van der Waals surface area contributed by atoms with Gasteiger partial charge in [-0.05, 0) is 55.0 Å². The molecule has 7 nitrogen and oxygen atoms in total. The van der Waals surface area contributed by atoms with Gasteiger partial charge in [-0.2, -0.15) is 5.26 Å². The Labute approximate surface area is 163 Å². The van der Waals surface area contributed by atoms with Gasteiger partial charge in [-0.25, -0.2) is 4.79 Å². The average molecular weight is 380 g/mol. The van der Waals surface area contributed by atoms with E-state index in [1.807, 2.05) is 6.07 Å². The number of nitrogens with one attached hydrogen (secondary N) is 1. The van der Waals surface area contributed by atoms with E-state index in [1.165, 1.54) is 27.2 Å². The lowest BCUT2D eigenvalue weighted by Gasteiger charge is -2.12. The molecule has 0 radical (unpaired) electrons. The van der Waals surface area contributed by atoms with E-state index in [1.54, 1.807) is 48.5 Å². The molecule has 0 bridgehead atoms. The van der Waals surface area contributed by atoms with Crippen molar-refractivity contribution in [2.75, 3.05) is 19.5 Å². The first-order chi connectivity index (χ1) is 13.4. The van der Waals surface area contributed by atoms with E-state index in [0.29, 0.717) is 28.3 Å². The summed E-state index contributed by atoms with van der Waals surface area (Å²) in [6.45, 7) is 1.47. The summed E-state index contributed by atoms with van der Waals surface area (Å²) < 4.78 is 15.5. The third kappa shape index (κ3) is 5.88. The number of rotatable bonds is 7. The molecule has 0 aliphatic rings. The van der Waals surface area contributed by atoms with Crippen LogP contribution in [0.4, 0.5) is 5.69 Å². The van der Waals surface area contributed by atoms with E-state index < -0.39 is 18.0 Å². The zero-order valence-electron chi connectivity index (χ0n) is 15.8. The summed E-state index contributed by atoms with van der Waals surface area (Å²) in [6, 6.07) is 13.5. The average Bonchev–Trinajstić information content (AvgIpc) is 2.72. The number of nitriles is 1. The predicted octanol–water partition coefficient (Wildman–Crippen LogP) is 3.16. The molecule has 1 atom stereocenters. The number of methoxy groups -OCH3 is 2. The van der Waals surface area contributed by atoms with E-state index in [2.05, 4.69) is 5.32 Å². The molecule has 0 heterocycles. The molecular weight excluding hydrogens is 360 g/mol. The smallest absolute Gasteiger partial charge is 0.331 e. The number of ether oxygens (including phenoxy) is 3. The Morgan fingerprint density at radius 1 is 1.07 bits per heavy atom. The SMILES string of the molecule is COc1cc(/C=C/C(=O)O[C@@H](C)C(=O)Nc2ccc(C#N)cc2)cc(OC)c1. The fourth-order valence-corrected chi connectivity index (χ4v) is 2.23. The van der Waals surface area contributed by atoms with Gasteiger partial charge in [-0.1, -0.05) is 0 Å². The minimum absolute atomic E-state index is 0.477. The summed E-state index contributed by atoms with van der Waals surface area (Å²) in [7, 11) is 3.06. The number of nitrogens with zero attached hydrogens (tertiary/aromatic N) is 1. The summed E-state index contributed by atoms with van der Waals surface area (Å²) in [5.41, 5.74) is 1.67. The monoisotopic (exact) mass is 380 g/mol. The van der Waals surface area contributed by atoms with Gasteiger partial charge in [0.05, 0.1) is 25.9 Å². The quantitative estimate of drug-likeness (QED) is 0.585. The minimum Gasteiger partial charge on any atom is -0.497 e. The third-order valence-corrected chi connectivity index (χ3v) is 3.73. The summed E-state index contributed by atoms with van der Waals surface area (Å²) in [4.78, 5) is 24.1. The maximum absolute atomic E-state index is 12.1. The van der Waals surface area contributed by atoms with Gasteiger partial charge >= 0.3 is 5.97 Å². The van der Waals surface area contributed by atoms with Gasteiger partial charge in [-0.3, -0.25) is 4.79 Å². The second-order valence-electron chi connectivity index (χ2n) is 5.74. The van der Waals surface area contributed by atoms with Crippen molar-refractivity contribution in [3.8, 4) is 17.6 Å². The van der Waals surface area contributed by atoms with Crippen LogP contribution < -0.4 is 14.8 Å². The van der Waals surface area contributed by atoms with Gasteiger partial charge < -0.3 is 19.5 Å². The van der Waals surface area contributed by atoms with Crippen molar-refractivity contribution in [2.24, 2.45) is 0 Å². The van der Waals surface area contributed by atoms with Crippen LogP contribution in [-0.2, 0) is 14.3 Å². The molecule has 2 rings (SSSR count). The van der Waals surface area contributed by atoms with Gasteiger partial charge in [0.1, 0.15) is 11.5 Å². The molecular formula is C21H20N2O5. The van der Waals surface area contributed by atoms with Crippen LogP contribution in [0.3, 0.4) is 0 Å². The van der Waals surface area contributed by atoms with Crippen LogP contribution in [0.2, 0.25) is 0 Å². The van der Waals surface area contributed by atoms with Crippen LogP contribution in [-0.4, -0.2) is 32.2 Å². The molecule has 28 heavy (non-hydrogen) atoms. The first-order valence-corrected chi connectivity index (χ1v) is 8.38. The number of carbonyl (C=O) groups is 2. The molecule has 144 valence electrons. The molecule has 1 N–H and O–H groups in total. The lowest BCUT2D eigenvalue weighted by atomic mass is 10.2. The van der Waals surface area contributed by atoms with E-state index in [4.69, 9.17) is 19.5 Å². The Kier molecular flexibility index (Phi) is 7.17. The molecule has 0 unspecified atom stereocenters. The number of hydrogen-bond acceptors (Lipinski definition) is 6. The minimum atomic E-state index is -0.993. The molecule has 1 amide bonds. The number of esters is 1. The Morgan fingerprint density at radius 2 is 1.68 bits per heavy atom. The van der Waals surface area contributed by atoms with Crippen LogP contribution in [0, 0.1) is 11.3 Å². The molecule has 2 aromatic carbocycles. The Balaban J connectivity index is 1.95. The topological polar surface area (TPSA) is 97.6 Å². The van der Waals surface area contributed by atoms with Crippen LogP contribution in [0.5, 0.6) is 11.5 Å².